The van der Waals surface area contributed by atoms with Crippen LogP contribution in [0.2, 0.25) is 0 Å². The highest BCUT2D eigenvalue weighted by molar-refractivity contribution is 5.60. The van der Waals surface area contributed by atoms with Gasteiger partial charge in [0.05, 0.1) is 6.54 Å². The third-order valence-electron chi connectivity index (χ3n) is 3.02. The van der Waals surface area contributed by atoms with Crippen LogP contribution in [-0.4, -0.2) is 19.3 Å². The Morgan fingerprint density at radius 2 is 2.10 bits per heavy atom. The van der Waals surface area contributed by atoms with E-state index in [-0.39, 0.29) is 18.1 Å². The lowest BCUT2D eigenvalue weighted by Crippen LogP contribution is -2.40. The Balaban J connectivity index is 2.38. The van der Waals surface area contributed by atoms with Crippen molar-refractivity contribution in [2.75, 3.05) is 11.1 Å². The summed E-state index contributed by atoms with van der Waals surface area (Å²) in [6.07, 6.45) is 0.727. The minimum atomic E-state index is -0.485. The number of hydrogen-bond acceptors (Lipinski definition) is 7. The first-order valence-electron chi connectivity index (χ1n) is 6.58. The van der Waals surface area contributed by atoms with Crippen molar-refractivity contribution >= 4 is 11.5 Å². The summed E-state index contributed by atoms with van der Waals surface area (Å²) < 4.78 is 7.34. The van der Waals surface area contributed by atoms with Gasteiger partial charge < -0.3 is 15.6 Å². The summed E-state index contributed by atoms with van der Waals surface area (Å²) in [4.78, 5) is 28.2. The van der Waals surface area contributed by atoms with Crippen molar-refractivity contribution in [3.8, 4) is 0 Å². The third-order valence-corrected chi connectivity index (χ3v) is 3.02. The van der Waals surface area contributed by atoms with Gasteiger partial charge in [-0.15, -0.1) is 0 Å². The number of anilines is 2. The number of aromatic nitrogens is 4. The van der Waals surface area contributed by atoms with Crippen LogP contribution in [0.3, 0.4) is 0 Å². The van der Waals surface area contributed by atoms with Crippen LogP contribution in [0, 0.1) is 6.92 Å². The molecule has 0 saturated heterocycles. The van der Waals surface area contributed by atoms with E-state index < -0.39 is 11.2 Å². The second-order valence-corrected chi connectivity index (χ2v) is 4.65. The highest BCUT2D eigenvalue weighted by Gasteiger charge is 2.15. The van der Waals surface area contributed by atoms with Gasteiger partial charge in [0.15, 0.2) is 5.82 Å². The van der Waals surface area contributed by atoms with Crippen LogP contribution in [0.15, 0.2) is 14.1 Å². The van der Waals surface area contributed by atoms with Gasteiger partial charge in [0.1, 0.15) is 11.5 Å². The van der Waals surface area contributed by atoms with Crippen LogP contribution in [-0.2, 0) is 20.1 Å². The predicted octanol–water partition coefficient (Wildman–Crippen LogP) is -0.157. The maximum Gasteiger partial charge on any atom is 0.332 e. The number of nitrogen functional groups attached to an aromatic ring is 1. The lowest BCUT2D eigenvalue weighted by Gasteiger charge is -2.14. The number of aryl methyl sites for hydroxylation is 1. The Morgan fingerprint density at radius 1 is 1.38 bits per heavy atom. The van der Waals surface area contributed by atoms with Crippen molar-refractivity contribution in [2.24, 2.45) is 7.05 Å². The van der Waals surface area contributed by atoms with Crippen LogP contribution in [0.1, 0.15) is 25.1 Å². The molecule has 2 rings (SSSR count). The Labute approximate surface area is 120 Å². The van der Waals surface area contributed by atoms with Crippen molar-refractivity contribution in [3.05, 3.63) is 32.6 Å². The second-order valence-electron chi connectivity index (χ2n) is 4.65. The molecule has 9 heteroatoms. The van der Waals surface area contributed by atoms with Crippen molar-refractivity contribution in [2.45, 2.75) is 33.4 Å². The zero-order valence-electron chi connectivity index (χ0n) is 12.2. The smallest absolute Gasteiger partial charge is 0.332 e. The first-order chi connectivity index (χ1) is 9.95. The first kappa shape index (κ1) is 14.8. The molecule has 0 unspecified atom stereocenters. The van der Waals surface area contributed by atoms with E-state index in [1.807, 2.05) is 6.92 Å². The van der Waals surface area contributed by atoms with E-state index in [0.29, 0.717) is 18.3 Å². The van der Waals surface area contributed by atoms with Crippen molar-refractivity contribution in [1.29, 1.82) is 0 Å². The average molecular weight is 294 g/mol. The van der Waals surface area contributed by atoms with E-state index in [0.717, 1.165) is 11.0 Å². The Bertz CT molecular complexity index is 757. The molecule has 114 valence electrons. The molecule has 0 spiro atoms. The predicted molar refractivity (Wildman–Crippen MR) is 77.0 cm³/mol. The maximum absolute atomic E-state index is 12.1. The minimum absolute atomic E-state index is 0.112. The monoisotopic (exact) mass is 294 g/mol. The number of nitrogens with zero attached hydrogens (tertiary/aromatic N) is 4. The van der Waals surface area contributed by atoms with Gasteiger partial charge in [-0.25, -0.2) is 4.79 Å². The molecule has 0 aliphatic heterocycles. The van der Waals surface area contributed by atoms with Gasteiger partial charge in [-0.05, 0) is 13.3 Å². The minimum Gasteiger partial charge on any atom is -0.383 e. The standard InChI is InChI=1S/C12H18N6O3/c1-4-5-18-10(13)9(11(19)17(3)12(18)20)14-6-8-15-7(2)16-21-8/h14H,4-6,13H2,1-3H3. The summed E-state index contributed by atoms with van der Waals surface area (Å²) in [6.45, 7) is 4.21. The highest BCUT2D eigenvalue weighted by Crippen LogP contribution is 2.12. The van der Waals surface area contributed by atoms with Gasteiger partial charge in [0, 0.05) is 13.6 Å². The number of nitrogens with one attached hydrogen (secondary N) is 1. The second kappa shape index (κ2) is 5.81. The maximum atomic E-state index is 12.1. The molecule has 0 fully saturated rings. The zero-order chi connectivity index (χ0) is 15.6. The fourth-order valence-electron chi connectivity index (χ4n) is 1.96. The summed E-state index contributed by atoms with van der Waals surface area (Å²) in [6, 6.07) is 0. The molecule has 2 heterocycles. The molecule has 0 amide bonds. The summed E-state index contributed by atoms with van der Waals surface area (Å²) in [5.41, 5.74) is 5.17. The fraction of sp³-hybridized carbons (Fsp3) is 0.500. The molecule has 0 radical (unpaired) electrons. The van der Waals surface area contributed by atoms with Gasteiger partial charge in [-0.1, -0.05) is 12.1 Å². The SMILES string of the molecule is CCCn1c(N)c(NCc2nc(C)no2)c(=O)n(C)c1=O. The molecule has 9 nitrogen and oxygen atoms in total. The molecule has 0 aromatic carbocycles. The van der Waals surface area contributed by atoms with Crippen molar-refractivity contribution in [3.63, 3.8) is 0 Å². The van der Waals surface area contributed by atoms with Crippen LogP contribution in [0.4, 0.5) is 11.5 Å². The lowest BCUT2D eigenvalue weighted by atomic mass is 10.4. The zero-order valence-corrected chi connectivity index (χ0v) is 12.2. The fourth-order valence-corrected chi connectivity index (χ4v) is 1.96. The van der Waals surface area contributed by atoms with Crippen LogP contribution < -0.4 is 22.3 Å². The van der Waals surface area contributed by atoms with Crippen LogP contribution in [0.25, 0.3) is 0 Å². The van der Waals surface area contributed by atoms with E-state index >= 15 is 0 Å². The molecule has 2 aromatic heterocycles. The van der Waals surface area contributed by atoms with Gasteiger partial charge in [0.25, 0.3) is 5.56 Å². The summed E-state index contributed by atoms with van der Waals surface area (Å²) in [5, 5.41) is 6.52. The number of rotatable bonds is 5. The molecule has 0 saturated carbocycles. The normalized spacial score (nSPS) is 10.8. The van der Waals surface area contributed by atoms with Crippen molar-refractivity contribution < 1.29 is 4.52 Å². The summed E-state index contributed by atoms with van der Waals surface area (Å²) in [5.74, 6) is 0.951. The molecular weight excluding hydrogens is 276 g/mol. The molecular formula is C12H18N6O3. The molecule has 0 atom stereocenters. The highest BCUT2D eigenvalue weighted by atomic mass is 16.5. The van der Waals surface area contributed by atoms with E-state index in [1.165, 1.54) is 11.6 Å². The molecule has 3 N–H and O–H groups in total. The summed E-state index contributed by atoms with van der Waals surface area (Å²) in [7, 11) is 1.41. The van der Waals surface area contributed by atoms with E-state index in [2.05, 4.69) is 15.5 Å². The summed E-state index contributed by atoms with van der Waals surface area (Å²) >= 11 is 0. The Morgan fingerprint density at radius 3 is 2.67 bits per heavy atom. The van der Waals surface area contributed by atoms with Gasteiger partial charge in [0.2, 0.25) is 5.89 Å². The molecule has 0 aliphatic rings. The van der Waals surface area contributed by atoms with Gasteiger partial charge in [-0.3, -0.25) is 13.9 Å². The van der Waals surface area contributed by atoms with Crippen LogP contribution in [0.5, 0.6) is 0 Å². The van der Waals surface area contributed by atoms with Gasteiger partial charge in [-0.2, -0.15) is 4.98 Å². The van der Waals surface area contributed by atoms with Crippen LogP contribution >= 0.6 is 0 Å². The largest absolute Gasteiger partial charge is 0.383 e. The third kappa shape index (κ3) is 2.81. The lowest BCUT2D eigenvalue weighted by molar-refractivity contribution is 0.379. The quantitative estimate of drug-likeness (QED) is 0.786. The average Bonchev–Trinajstić information content (AvgIpc) is 2.87. The number of hydrogen-bond donors (Lipinski definition) is 2. The molecule has 0 bridgehead atoms. The van der Waals surface area contributed by atoms with E-state index in [9.17, 15) is 9.59 Å². The van der Waals surface area contributed by atoms with E-state index in [1.54, 1.807) is 6.92 Å². The van der Waals surface area contributed by atoms with Crippen molar-refractivity contribution in [1.82, 2.24) is 19.3 Å². The van der Waals surface area contributed by atoms with E-state index in [4.69, 9.17) is 10.3 Å². The van der Waals surface area contributed by atoms with Gasteiger partial charge >= 0.3 is 5.69 Å². The Kier molecular flexibility index (Phi) is 4.10. The molecule has 0 aliphatic carbocycles. The molecule has 2 aromatic rings. The number of nitrogens with two attached hydrogens (primary N) is 1. The Hall–Kier alpha value is -2.58. The first-order valence-corrected chi connectivity index (χ1v) is 6.58. The molecule has 21 heavy (non-hydrogen) atoms. The topological polar surface area (TPSA) is 121 Å².